The van der Waals surface area contributed by atoms with Gasteiger partial charge < -0.3 is 5.11 Å². The molecular formula is C25H28BrN5O2. The summed E-state index contributed by atoms with van der Waals surface area (Å²) in [5.41, 5.74) is 2.20. The van der Waals surface area contributed by atoms with Crippen LogP contribution in [-0.4, -0.2) is 38.1 Å². The molecule has 0 radical (unpaired) electrons. The van der Waals surface area contributed by atoms with Crippen molar-refractivity contribution >= 4 is 38.4 Å². The summed E-state index contributed by atoms with van der Waals surface area (Å²) in [6.07, 6.45) is 6.64. The Balaban J connectivity index is 1.50. The predicted octanol–water partition coefficient (Wildman–Crippen LogP) is 6.29. The van der Waals surface area contributed by atoms with Crippen LogP contribution >= 0.6 is 15.9 Å². The van der Waals surface area contributed by atoms with Crippen LogP contribution in [0.2, 0.25) is 0 Å². The normalized spacial score (nSPS) is 24.7. The number of rotatable bonds is 4. The summed E-state index contributed by atoms with van der Waals surface area (Å²) in [6.45, 7) is 8.69. The third-order valence-corrected chi connectivity index (χ3v) is 7.48. The largest absolute Gasteiger partial charge is 0.493 e. The van der Waals surface area contributed by atoms with Crippen molar-refractivity contribution < 1.29 is 9.90 Å². The topological polar surface area (TPSA) is 83.1 Å². The summed E-state index contributed by atoms with van der Waals surface area (Å²) < 4.78 is 2.76. The maximum absolute atomic E-state index is 12.4. The third kappa shape index (κ3) is 4.22. The van der Waals surface area contributed by atoms with Gasteiger partial charge in [-0.05, 0) is 60.4 Å². The van der Waals surface area contributed by atoms with E-state index in [0.29, 0.717) is 34.8 Å². The highest BCUT2D eigenvalue weighted by Crippen LogP contribution is 2.53. The molecule has 2 atom stereocenters. The van der Waals surface area contributed by atoms with E-state index in [1.165, 1.54) is 25.2 Å². The Labute approximate surface area is 201 Å². The van der Waals surface area contributed by atoms with Crippen molar-refractivity contribution in [3.05, 3.63) is 52.8 Å². The van der Waals surface area contributed by atoms with E-state index in [-0.39, 0.29) is 5.88 Å². The summed E-state index contributed by atoms with van der Waals surface area (Å²) in [7, 11) is 0. The molecule has 7 nitrogen and oxygen atoms in total. The van der Waals surface area contributed by atoms with Gasteiger partial charge in [-0.3, -0.25) is 19.2 Å². The van der Waals surface area contributed by atoms with E-state index in [4.69, 9.17) is 0 Å². The number of halogens is 1. The van der Waals surface area contributed by atoms with Crippen molar-refractivity contribution in [2.24, 2.45) is 21.1 Å². The number of carbonyl (C=O) groups excluding carboxylic acids is 1. The summed E-state index contributed by atoms with van der Waals surface area (Å²) in [6, 6.07) is 9.50. The number of azo groups is 1. The summed E-state index contributed by atoms with van der Waals surface area (Å²) in [4.78, 5) is 18.9. The van der Waals surface area contributed by atoms with Gasteiger partial charge in [-0.2, -0.15) is 0 Å². The fourth-order valence-corrected chi connectivity index (χ4v) is 6.47. The molecule has 8 heteroatoms. The van der Waals surface area contributed by atoms with Gasteiger partial charge in [0.2, 0.25) is 5.88 Å². The van der Waals surface area contributed by atoms with Crippen molar-refractivity contribution in [3.63, 3.8) is 0 Å². The highest BCUT2D eigenvalue weighted by atomic mass is 79.9. The molecule has 2 fully saturated rings. The highest BCUT2D eigenvalue weighted by Gasteiger charge is 2.49. The Kier molecular flexibility index (Phi) is 5.40. The number of carbonyl (C=O) groups is 1. The van der Waals surface area contributed by atoms with Crippen molar-refractivity contribution in [3.8, 4) is 5.88 Å². The first-order valence-corrected chi connectivity index (χ1v) is 12.0. The van der Waals surface area contributed by atoms with Gasteiger partial charge in [0.15, 0.2) is 5.69 Å². The fourth-order valence-electron chi connectivity index (χ4n) is 6.11. The quantitative estimate of drug-likeness (QED) is 0.419. The van der Waals surface area contributed by atoms with Crippen LogP contribution in [0.25, 0.3) is 10.9 Å². The van der Waals surface area contributed by atoms with Crippen LogP contribution in [-0.2, 0) is 6.67 Å². The SMILES string of the molecule is CC1(C)CC2C[C@@](C)(CN2Cn2c(O)c(N=NC(=O)c3ccncc3)c3cc(Br)ccc32)C1. The van der Waals surface area contributed by atoms with Crippen LogP contribution in [0.1, 0.15) is 50.4 Å². The Morgan fingerprint density at radius 2 is 1.97 bits per heavy atom. The standard InChI is InChI=1S/C25H28BrN5O2/c1-24(2)11-18-12-25(3,13-24)14-30(18)15-31-20-5-4-17(26)10-19(20)21(23(31)33)28-29-22(32)16-6-8-27-9-7-16/h4-10,18,33H,11-15H2,1-3H3/t18?,25-/m1/s1. The molecule has 33 heavy (non-hydrogen) atoms. The van der Waals surface area contributed by atoms with E-state index in [9.17, 15) is 9.90 Å². The number of hydrogen-bond donors (Lipinski definition) is 1. The first-order valence-electron chi connectivity index (χ1n) is 11.3. The number of fused-ring (bicyclic) bond motifs is 3. The van der Waals surface area contributed by atoms with Crippen LogP contribution in [0, 0.1) is 10.8 Å². The Morgan fingerprint density at radius 3 is 2.73 bits per heavy atom. The second-order valence-electron chi connectivity index (χ2n) is 10.6. The third-order valence-electron chi connectivity index (χ3n) is 6.99. The zero-order chi connectivity index (χ0) is 23.4. The average Bonchev–Trinajstić information content (AvgIpc) is 3.15. The van der Waals surface area contributed by atoms with Gasteiger partial charge in [0.05, 0.1) is 12.2 Å². The molecular weight excluding hydrogens is 482 g/mol. The molecule has 1 saturated heterocycles. The number of aromatic hydroxyl groups is 1. The average molecular weight is 510 g/mol. The number of nitrogens with zero attached hydrogens (tertiary/aromatic N) is 5. The van der Waals surface area contributed by atoms with Gasteiger partial charge >= 0.3 is 0 Å². The first-order chi connectivity index (χ1) is 15.6. The maximum atomic E-state index is 12.4. The van der Waals surface area contributed by atoms with Crippen LogP contribution < -0.4 is 0 Å². The molecule has 1 amide bonds. The highest BCUT2D eigenvalue weighted by molar-refractivity contribution is 9.10. The Morgan fingerprint density at radius 1 is 1.21 bits per heavy atom. The van der Waals surface area contributed by atoms with E-state index in [1.54, 1.807) is 12.1 Å². The number of aromatic nitrogens is 2. The van der Waals surface area contributed by atoms with Gasteiger partial charge in [-0.25, -0.2) is 0 Å². The lowest BCUT2D eigenvalue weighted by atomic mass is 9.65. The summed E-state index contributed by atoms with van der Waals surface area (Å²) in [5.74, 6) is -0.448. The number of pyridine rings is 1. The van der Waals surface area contributed by atoms with Gasteiger partial charge in [0.25, 0.3) is 5.91 Å². The molecule has 3 aromatic rings. The van der Waals surface area contributed by atoms with Crippen molar-refractivity contribution in [2.75, 3.05) is 6.54 Å². The van der Waals surface area contributed by atoms with E-state index in [2.05, 4.69) is 56.8 Å². The zero-order valence-electron chi connectivity index (χ0n) is 19.1. The molecule has 172 valence electrons. The van der Waals surface area contributed by atoms with E-state index >= 15 is 0 Å². The number of likely N-dealkylation sites (tertiary alicyclic amines) is 1. The summed E-state index contributed by atoms with van der Waals surface area (Å²) in [5, 5.41) is 20.0. The molecule has 3 heterocycles. The van der Waals surface area contributed by atoms with Gasteiger partial charge in [0, 0.05) is 40.4 Å². The van der Waals surface area contributed by atoms with Crippen molar-refractivity contribution in [1.29, 1.82) is 0 Å². The molecule has 1 aliphatic heterocycles. The second kappa shape index (κ2) is 8.02. The van der Waals surface area contributed by atoms with E-state index in [0.717, 1.165) is 28.3 Å². The fraction of sp³-hybridized carbons (Fsp3) is 0.440. The van der Waals surface area contributed by atoms with Crippen LogP contribution in [0.5, 0.6) is 5.88 Å². The molecule has 1 N–H and O–H groups in total. The van der Waals surface area contributed by atoms with Gasteiger partial charge in [-0.15, -0.1) is 10.2 Å². The summed E-state index contributed by atoms with van der Waals surface area (Å²) >= 11 is 3.51. The molecule has 1 unspecified atom stereocenters. The predicted molar refractivity (Wildman–Crippen MR) is 131 cm³/mol. The number of hydrogen-bond acceptors (Lipinski definition) is 5. The Hall–Kier alpha value is -2.58. The van der Waals surface area contributed by atoms with Gasteiger partial charge in [0.1, 0.15) is 0 Å². The maximum Gasteiger partial charge on any atom is 0.295 e. The van der Waals surface area contributed by atoms with Crippen LogP contribution in [0.4, 0.5) is 5.69 Å². The second-order valence-corrected chi connectivity index (χ2v) is 11.5. The number of benzene rings is 1. The van der Waals surface area contributed by atoms with Gasteiger partial charge in [-0.1, -0.05) is 36.7 Å². The lowest BCUT2D eigenvalue weighted by molar-refractivity contribution is 0.0995. The monoisotopic (exact) mass is 509 g/mol. The molecule has 2 aliphatic rings. The minimum Gasteiger partial charge on any atom is -0.493 e. The van der Waals surface area contributed by atoms with E-state index < -0.39 is 5.91 Å². The van der Waals surface area contributed by atoms with Crippen LogP contribution in [0.15, 0.2) is 57.4 Å². The lowest BCUT2D eigenvalue weighted by Crippen LogP contribution is -2.35. The zero-order valence-corrected chi connectivity index (χ0v) is 20.7. The smallest absolute Gasteiger partial charge is 0.295 e. The first kappa shape index (κ1) is 22.2. The minimum atomic E-state index is -0.476. The molecule has 1 aliphatic carbocycles. The molecule has 2 aromatic heterocycles. The van der Waals surface area contributed by atoms with Crippen LogP contribution in [0.3, 0.4) is 0 Å². The lowest BCUT2D eigenvalue weighted by Gasteiger charge is -2.40. The molecule has 5 rings (SSSR count). The number of amides is 1. The Bertz CT molecular complexity index is 1250. The molecule has 1 saturated carbocycles. The van der Waals surface area contributed by atoms with Crippen molar-refractivity contribution in [2.45, 2.75) is 52.7 Å². The molecule has 1 aromatic carbocycles. The van der Waals surface area contributed by atoms with Crippen molar-refractivity contribution in [1.82, 2.24) is 14.5 Å². The molecule has 2 bridgehead atoms. The van der Waals surface area contributed by atoms with E-state index in [1.807, 2.05) is 22.8 Å². The minimum absolute atomic E-state index is 0.0280. The molecule has 0 spiro atoms.